The second-order valence-corrected chi connectivity index (χ2v) is 6.49. The van der Waals surface area contributed by atoms with Crippen LogP contribution in [0.3, 0.4) is 0 Å². The smallest absolute Gasteiger partial charge is 0.305 e. The number of carbonyl (C=O) groups excluding carboxylic acids is 1. The number of carbonyl (C=O) groups is 2. The molecule has 1 aliphatic rings. The van der Waals surface area contributed by atoms with Gasteiger partial charge in [-0.3, -0.25) is 9.59 Å². The van der Waals surface area contributed by atoms with Crippen molar-refractivity contribution < 1.29 is 14.7 Å². The molecule has 1 aliphatic carbocycles. The van der Waals surface area contributed by atoms with Gasteiger partial charge in [0.2, 0.25) is 5.91 Å². The summed E-state index contributed by atoms with van der Waals surface area (Å²) in [7, 11) is 1.72. The number of nitrogens with zero attached hydrogens (tertiary/aromatic N) is 1. The monoisotopic (exact) mass is 284 g/mol. The zero-order chi connectivity index (χ0) is 15.3. The topological polar surface area (TPSA) is 83.6 Å². The molecule has 0 unspecified atom stereocenters. The van der Waals surface area contributed by atoms with Crippen molar-refractivity contribution in [1.82, 2.24) is 4.90 Å². The highest BCUT2D eigenvalue weighted by Gasteiger charge is 2.41. The van der Waals surface area contributed by atoms with Gasteiger partial charge in [0, 0.05) is 7.05 Å². The van der Waals surface area contributed by atoms with Crippen LogP contribution in [0.15, 0.2) is 0 Å². The van der Waals surface area contributed by atoms with Crippen molar-refractivity contribution in [2.45, 2.75) is 70.4 Å². The molecular weight excluding hydrogens is 256 g/mol. The molecule has 0 radical (unpaired) electrons. The fourth-order valence-electron chi connectivity index (χ4n) is 3.21. The van der Waals surface area contributed by atoms with E-state index in [0.717, 1.165) is 32.1 Å². The van der Waals surface area contributed by atoms with Crippen LogP contribution in [0.2, 0.25) is 0 Å². The molecule has 0 heterocycles. The van der Waals surface area contributed by atoms with Gasteiger partial charge in [0.25, 0.3) is 0 Å². The lowest BCUT2D eigenvalue weighted by atomic mass is 9.77. The fourth-order valence-corrected chi connectivity index (χ4v) is 3.21. The highest BCUT2D eigenvalue weighted by Crippen LogP contribution is 2.36. The van der Waals surface area contributed by atoms with Gasteiger partial charge in [-0.2, -0.15) is 0 Å². The van der Waals surface area contributed by atoms with Crippen LogP contribution in [0.25, 0.3) is 0 Å². The molecule has 1 fully saturated rings. The summed E-state index contributed by atoms with van der Waals surface area (Å²) in [5, 5.41) is 9.18. The third-order valence-corrected chi connectivity index (χ3v) is 4.35. The number of amides is 1. The van der Waals surface area contributed by atoms with E-state index in [1.54, 1.807) is 11.9 Å². The van der Waals surface area contributed by atoms with Crippen LogP contribution in [0.1, 0.15) is 58.8 Å². The Labute approximate surface area is 121 Å². The molecule has 1 saturated carbocycles. The lowest BCUT2D eigenvalue weighted by molar-refractivity contribution is -0.146. The fraction of sp³-hybridized carbons (Fsp3) is 0.867. The van der Waals surface area contributed by atoms with E-state index in [4.69, 9.17) is 5.73 Å². The minimum Gasteiger partial charge on any atom is -0.481 e. The third kappa shape index (κ3) is 4.20. The Hall–Kier alpha value is -1.10. The van der Waals surface area contributed by atoms with Crippen LogP contribution >= 0.6 is 0 Å². The molecular formula is C15H28N2O3. The highest BCUT2D eigenvalue weighted by atomic mass is 16.4. The summed E-state index contributed by atoms with van der Waals surface area (Å²) in [6, 6.07) is -0.535. The van der Waals surface area contributed by atoms with Crippen LogP contribution < -0.4 is 5.73 Å². The lowest BCUT2D eigenvalue weighted by Gasteiger charge is -2.44. The van der Waals surface area contributed by atoms with Gasteiger partial charge < -0.3 is 15.7 Å². The molecule has 0 aromatic heterocycles. The maximum atomic E-state index is 12.5. The van der Waals surface area contributed by atoms with Gasteiger partial charge in [-0.25, -0.2) is 0 Å². The van der Waals surface area contributed by atoms with Gasteiger partial charge >= 0.3 is 5.97 Å². The van der Waals surface area contributed by atoms with Crippen LogP contribution in [0.5, 0.6) is 0 Å². The van der Waals surface area contributed by atoms with Crippen LogP contribution in [0, 0.1) is 5.92 Å². The SMILES string of the molecule is CC(C)C[C@@H](N)C(=O)N(C)C1(CC(=O)O)CCCCC1. The van der Waals surface area contributed by atoms with Crippen LogP contribution in [0.4, 0.5) is 0 Å². The standard InChI is InChI=1S/C15H28N2O3/c1-11(2)9-12(16)14(20)17(3)15(10-13(18)19)7-5-4-6-8-15/h11-12H,4-10,16H2,1-3H3,(H,18,19)/t12-/m1/s1. The number of hydrogen-bond donors (Lipinski definition) is 2. The summed E-state index contributed by atoms with van der Waals surface area (Å²) < 4.78 is 0. The van der Waals surface area contributed by atoms with E-state index in [-0.39, 0.29) is 12.3 Å². The average molecular weight is 284 g/mol. The minimum atomic E-state index is -0.844. The van der Waals surface area contributed by atoms with E-state index in [1.165, 1.54) is 0 Å². The van der Waals surface area contributed by atoms with E-state index in [1.807, 2.05) is 13.8 Å². The quantitative estimate of drug-likeness (QED) is 0.781. The zero-order valence-corrected chi connectivity index (χ0v) is 12.9. The molecule has 0 aliphatic heterocycles. The molecule has 1 amide bonds. The molecule has 5 heteroatoms. The van der Waals surface area contributed by atoms with Crippen molar-refractivity contribution in [1.29, 1.82) is 0 Å². The molecule has 0 aromatic rings. The first-order valence-corrected chi connectivity index (χ1v) is 7.53. The highest BCUT2D eigenvalue weighted by molar-refractivity contribution is 5.83. The van der Waals surface area contributed by atoms with Gasteiger partial charge in [0.15, 0.2) is 0 Å². The second kappa shape index (κ2) is 7.07. The minimum absolute atomic E-state index is 0.0175. The summed E-state index contributed by atoms with van der Waals surface area (Å²) in [4.78, 5) is 25.3. The summed E-state index contributed by atoms with van der Waals surface area (Å²) in [5.74, 6) is -0.616. The molecule has 0 aromatic carbocycles. The number of carboxylic acid groups (broad SMARTS) is 1. The number of rotatable bonds is 6. The molecule has 0 saturated heterocycles. The van der Waals surface area contributed by atoms with Crippen LogP contribution in [-0.4, -0.2) is 40.5 Å². The molecule has 1 rings (SSSR count). The van der Waals surface area contributed by atoms with Gasteiger partial charge in [-0.05, 0) is 25.2 Å². The first kappa shape index (κ1) is 17.0. The van der Waals surface area contributed by atoms with Crippen LogP contribution in [-0.2, 0) is 9.59 Å². The number of likely N-dealkylation sites (N-methyl/N-ethyl adjacent to an activating group) is 1. The van der Waals surface area contributed by atoms with Gasteiger partial charge in [0.1, 0.15) is 0 Å². The molecule has 0 bridgehead atoms. The van der Waals surface area contributed by atoms with Crippen molar-refractivity contribution in [3.63, 3.8) is 0 Å². The average Bonchev–Trinajstić information content (AvgIpc) is 2.36. The Morgan fingerprint density at radius 2 is 1.80 bits per heavy atom. The first-order valence-electron chi connectivity index (χ1n) is 7.53. The van der Waals surface area contributed by atoms with E-state index >= 15 is 0 Å². The normalized spacial score (nSPS) is 19.6. The predicted octanol–water partition coefficient (Wildman–Crippen LogP) is 2.00. The Bertz CT molecular complexity index is 349. The van der Waals surface area contributed by atoms with Crippen molar-refractivity contribution in [2.75, 3.05) is 7.05 Å². The number of hydrogen-bond acceptors (Lipinski definition) is 3. The van der Waals surface area contributed by atoms with E-state index in [2.05, 4.69) is 0 Å². The van der Waals surface area contributed by atoms with Gasteiger partial charge in [-0.1, -0.05) is 33.1 Å². The molecule has 20 heavy (non-hydrogen) atoms. The molecule has 116 valence electrons. The van der Waals surface area contributed by atoms with Crippen molar-refractivity contribution >= 4 is 11.9 Å². The molecule has 0 spiro atoms. The maximum Gasteiger partial charge on any atom is 0.305 e. The maximum absolute atomic E-state index is 12.5. The second-order valence-electron chi connectivity index (χ2n) is 6.49. The van der Waals surface area contributed by atoms with E-state index in [9.17, 15) is 14.7 Å². The number of carboxylic acids is 1. The van der Waals surface area contributed by atoms with Crippen molar-refractivity contribution in [3.8, 4) is 0 Å². The van der Waals surface area contributed by atoms with Gasteiger partial charge in [-0.15, -0.1) is 0 Å². The Kier molecular flexibility index (Phi) is 5.99. The summed E-state index contributed by atoms with van der Waals surface area (Å²) in [6.07, 6.45) is 5.23. The van der Waals surface area contributed by atoms with Crippen molar-refractivity contribution in [2.24, 2.45) is 11.7 Å². The van der Waals surface area contributed by atoms with Gasteiger partial charge in [0.05, 0.1) is 18.0 Å². The molecule has 1 atom stereocenters. The number of nitrogens with two attached hydrogens (primary N) is 1. The lowest BCUT2D eigenvalue weighted by Crippen LogP contribution is -2.56. The molecule has 3 N–H and O–H groups in total. The Morgan fingerprint density at radius 1 is 1.25 bits per heavy atom. The zero-order valence-electron chi connectivity index (χ0n) is 12.9. The van der Waals surface area contributed by atoms with Crippen molar-refractivity contribution in [3.05, 3.63) is 0 Å². The number of aliphatic carboxylic acids is 1. The van der Waals surface area contributed by atoms with E-state index < -0.39 is 17.6 Å². The third-order valence-electron chi connectivity index (χ3n) is 4.35. The van der Waals surface area contributed by atoms with E-state index in [0.29, 0.717) is 12.3 Å². The predicted molar refractivity (Wildman–Crippen MR) is 78.3 cm³/mol. The summed E-state index contributed by atoms with van der Waals surface area (Å²) in [5.41, 5.74) is 5.43. The Balaban J connectivity index is 2.84. The first-order chi connectivity index (χ1) is 9.28. The Morgan fingerprint density at radius 3 is 2.25 bits per heavy atom. The summed E-state index contributed by atoms with van der Waals surface area (Å²) >= 11 is 0. The largest absolute Gasteiger partial charge is 0.481 e. The summed E-state index contributed by atoms with van der Waals surface area (Å²) in [6.45, 7) is 4.06. The molecule has 5 nitrogen and oxygen atoms in total.